The minimum atomic E-state index is -5.64. The zero-order valence-electron chi connectivity index (χ0n) is 10.5. The third kappa shape index (κ3) is 2.30. The number of hydrogen-bond acceptors (Lipinski definition) is 6. The molecule has 7 nitrogen and oxygen atoms in total. The Hall–Kier alpha value is -0.650. The minimum Gasteiger partial charge on any atom is -0.458 e. The molecule has 1 aliphatic heterocycles. The van der Waals surface area contributed by atoms with Gasteiger partial charge >= 0.3 is 21.3 Å². The van der Waals surface area contributed by atoms with Gasteiger partial charge in [-0.15, -0.1) is 0 Å². The molecule has 1 N–H and O–H groups in total. The molecule has 120 valence electrons. The lowest BCUT2D eigenvalue weighted by Crippen LogP contribution is -2.39. The summed E-state index contributed by atoms with van der Waals surface area (Å²) in [6, 6.07) is 0. The third-order valence-corrected chi connectivity index (χ3v) is 6.68. The molecule has 2 aliphatic carbocycles. The van der Waals surface area contributed by atoms with Crippen molar-refractivity contribution in [2.24, 2.45) is 17.8 Å². The van der Waals surface area contributed by atoms with Crippen LogP contribution in [0.5, 0.6) is 0 Å². The molecule has 2 bridgehead atoms. The molecule has 3 aliphatic rings. The van der Waals surface area contributed by atoms with Gasteiger partial charge in [0, 0.05) is 5.92 Å². The number of halogens is 2. The summed E-state index contributed by atoms with van der Waals surface area (Å²) in [5.74, 6) is -2.01. The van der Waals surface area contributed by atoms with Crippen LogP contribution in [-0.2, 0) is 34.9 Å². The van der Waals surface area contributed by atoms with Crippen LogP contribution < -0.4 is 0 Å². The van der Waals surface area contributed by atoms with Crippen LogP contribution in [0.1, 0.15) is 12.8 Å². The average Bonchev–Trinajstić information content (AvgIpc) is 2.96. The van der Waals surface area contributed by atoms with Gasteiger partial charge in [-0.25, -0.2) is 4.21 Å². The molecular formula is C10H12F2O7S2. The van der Waals surface area contributed by atoms with E-state index in [0.29, 0.717) is 12.8 Å². The maximum atomic E-state index is 13.0. The molecule has 3 fully saturated rings. The normalized spacial score (nSPS) is 41.5. The van der Waals surface area contributed by atoms with E-state index in [2.05, 4.69) is 4.74 Å². The van der Waals surface area contributed by atoms with E-state index in [4.69, 9.17) is 8.74 Å². The van der Waals surface area contributed by atoms with Crippen molar-refractivity contribution < 1.29 is 39.7 Å². The lowest BCUT2D eigenvalue weighted by atomic mass is 9.86. The first kappa shape index (κ1) is 15.3. The summed E-state index contributed by atoms with van der Waals surface area (Å²) in [5, 5.41) is -4.68. The van der Waals surface area contributed by atoms with Crippen molar-refractivity contribution in [1.82, 2.24) is 0 Å². The van der Waals surface area contributed by atoms with Gasteiger partial charge in [0.05, 0.1) is 17.3 Å². The largest absolute Gasteiger partial charge is 0.458 e. The van der Waals surface area contributed by atoms with E-state index in [0.717, 1.165) is 0 Å². The first-order valence-electron chi connectivity index (χ1n) is 6.21. The van der Waals surface area contributed by atoms with Crippen molar-refractivity contribution >= 4 is 27.2 Å². The second-order valence-electron chi connectivity index (χ2n) is 5.50. The Labute approximate surface area is 121 Å². The molecule has 21 heavy (non-hydrogen) atoms. The van der Waals surface area contributed by atoms with Gasteiger partial charge in [0.25, 0.3) is 0 Å². The Morgan fingerprint density at radius 3 is 2.71 bits per heavy atom. The second kappa shape index (κ2) is 4.67. The Morgan fingerprint density at radius 2 is 2.10 bits per heavy atom. The predicted molar refractivity (Wildman–Crippen MR) is 64.0 cm³/mol. The summed E-state index contributed by atoms with van der Waals surface area (Å²) in [6.07, 6.45) is 0.499. The molecular weight excluding hydrogens is 334 g/mol. The number of rotatable bonds is 4. The average molecular weight is 346 g/mol. The fourth-order valence-corrected chi connectivity index (χ4v) is 5.22. The van der Waals surface area contributed by atoms with Crippen molar-refractivity contribution in [2.75, 3.05) is 6.61 Å². The van der Waals surface area contributed by atoms with Crippen molar-refractivity contribution in [3.05, 3.63) is 0 Å². The van der Waals surface area contributed by atoms with Gasteiger partial charge < -0.3 is 4.74 Å². The van der Waals surface area contributed by atoms with Crippen LogP contribution in [0, 0.1) is 17.8 Å². The van der Waals surface area contributed by atoms with Crippen LogP contribution in [0.4, 0.5) is 8.78 Å². The third-order valence-electron chi connectivity index (χ3n) is 4.36. The van der Waals surface area contributed by atoms with E-state index < -0.39 is 51.1 Å². The molecule has 0 aromatic heterocycles. The van der Waals surface area contributed by atoms with Crippen LogP contribution in [-0.4, -0.2) is 46.4 Å². The maximum absolute atomic E-state index is 13.0. The number of alkyl halides is 2. The lowest BCUT2D eigenvalue weighted by molar-refractivity contribution is -0.159. The Morgan fingerprint density at radius 1 is 1.43 bits per heavy atom. The van der Waals surface area contributed by atoms with Gasteiger partial charge in [-0.05, 0) is 18.8 Å². The van der Waals surface area contributed by atoms with Crippen LogP contribution in [0.25, 0.3) is 0 Å². The summed E-state index contributed by atoms with van der Waals surface area (Å²) >= 11 is -1.48. The van der Waals surface area contributed by atoms with E-state index in [-0.39, 0.29) is 17.1 Å². The van der Waals surface area contributed by atoms with E-state index >= 15 is 0 Å². The predicted octanol–water partition coefficient (Wildman–Crippen LogP) is 0.0973. The van der Waals surface area contributed by atoms with Gasteiger partial charge in [0.15, 0.2) is 17.7 Å². The van der Waals surface area contributed by atoms with Crippen LogP contribution in [0.3, 0.4) is 0 Å². The summed E-state index contributed by atoms with van der Waals surface area (Å²) < 4.78 is 76.4. The zero-order chi connectivity index (χ0) is 15.6. The first-order valence-corrected chi connectivity index (χ1v) is 8.79. The molecule has 0 radical (unpaired) electrons. The van der Waals surface area contributed by atoms with Crippen molar-refractivity contribution in [1.29, 1.82) is 0 Å². The molecule has 1 heterocycles. The van der Waals surface area contributed by atoms with Crippen LogP contribution in [0.15, 0.2) is 0 Å². The molecule has 0 aromatic rings. The lowest BCUT2D eigenvalue weighted by Gasteiger charge is -2.24. The molecule has 2 saturated carbocycles. The van der Waals surface area contributed by atoms with Crippen molar-refractivity contribution in [3.63, 3.8) is 0 Å². The van der Waals surface area contributed by atoms with Gasteiger partial charge in [0.1, 0.15) is 0 Å². The Balaban J connectivity index is 1.67. The highest BCUT2D eigenvalue weighted by Crippen LogP contribution is 2.56. The van der Waals surface area contributed by atoms with E-state index in [9.17, 15) is 26.2 Å². The van der Waals surface area contributed by atoms with Crippen LogP contribution >= 0.6 is 0 Å². The number of esters is 1. The fourth-order valence-electron chi connectivity index (χ4n) is 3.43. The summed E-state index contributed by atoms with van der Waals surface area (Å²) in [4.78, 5) is 11.9. The van der Waals surface area contributed by atoms with E-state index in [1.807, 2.05) is 0 Å². The monoisotopic (exact) mass is 346 g/mol. The maximum Gasteiger partial charge on any atom is 0.402 e. The molecule has 1 saturated heterocycles. The zero-order valence-corrected chi connectivity index (χ0v) is 12.1. The number of carbonyl (C=O) groups excluding carboxylic acids is 1. The Kier molecular flexibility index (Phi) is 3.39. The SMILES string of the molecule is O=C(OCC(F)(F)S(=O)(=O)O)C1C2CC3C1OS(=O)C3C2. The molecule has 6 atom stereocenters. The van der Waals surface area contributed by atoms with Crippen molar-refractivity contribution in [2.45, 2.75) is 29.5 Å². The quantitative estimate of drug-likeness (QED) is 0.568. The molecule has 6 unspecified atom stereocenters. The van der Waals surface area contributed by atoms with Gasteiger partial charge in [-0.2, -0.15) is 17.2 Å². The smallest absolute Gasteiger partial charge is 0.402 e. The summed E-state index contributed by atoms with van der Waals surface area (Å²) in [6.45, 7) is -1.75. The molecule has 0 amide bonds. The van der Waals surface area contributed by atoms with E-state index in [1.165, 1.54) is 0 Å². The standard InChI is InChI=1S/C10H12F2O7S2/c11-10(12,21(15,16)17)3-18-9(13)7-4-1-5-6(2-4)20(14)19-8(5)7/h4-8H,1-3H2,(H,15,16,17). The van der Waals surface area contributed by atoms with E-state index in [1.54, 1.807) is 0 Å². The minimum absolute atomic E-state index is 0.0459. The molecule has 0 spiro atoms. The van der Waals surface area contributed by atoms with Gasteiger partial charge in [0.2, 0.25) is 0 Å². The molecule has 11 heteroatoms. The second-order valence-corrected chi connectivity index (χ2v) is 8.37. The molecule has 3 rings (SSSR count). The van der Waals surface area contributed by atoms with Crippen molar-refractivity contribution in [3.8, 4) is 0 Å². The topological polar surface area (TPSA) is 107 Å². The van der Waals surface area contributed by atoms with Gasteiger partial charge in [-0.3, -0.25) is 13.5 Å². The van der Waals surface area contributed by atoms with Crippen LogP contribution in [0.2, 0.25) is 0 Å². The first-order chi connectivity index (χ1) is 9.62. The highest BCUT2D eigenvalue weighted by molar-refractivity contribution is 7.86. The highest BCUT2D eigenvalue weighted by Gasteiger charge is 2.63. The number of ether oxygens (including phenoxy) is 1. The fraction of sp³-hybridized carbons (Fsp3) is 0.900. The molecule has 0 aromatic carbocycles. The number of carbonyl (C=O) groups is 1. The Bertz CT molecular complexity index is 605. The highest BCUT2D eigenvalue weighted by atomic mass is 32.2. The number of fused-ring (bicyclic) bond motifs is 1. The van der Waals surface area contributed by atoms with Gasteiger partial charge in [-0.1, -0.05) is 0 Å². The summed E-state index contributed by atoms with van der Waals surface area (Å²) in [5.41, 5.74) is 0. The summed E-state index contributed by atoms with van der Waals surface area (Å²) in [7, 11) is -5.64. The number of hydrogen-bond donors (Lipinski definition) is 1.